The van der Waals surface area contributed by atoms with Crippen molar-refractivity contribution in [2.24, 2.45) is 0 Å². The lowest BCUT2D eigenvalue weighted by atomic mass is 10.2. The monoisotopic (exact) mass is 376 g/mol. The summed E-state index contributed by atoms with van der Waals surface area (Å²) in [5.74, 6) is -0.0423. The van der Waals surface area contributed by atoms with Crippen LogP contribution in [0.3, 0.4) is 0 Å². The molecule has 1 heterocycles. The van der Waals surface area contributed by atoms with Gasteiger partial charge in [0.05, 0.1) is 16.5 Å². The van der Waals surface area contributed by atoms with Crippen LogP contribution in [0.5, 0.6) is 0 Å². The molecular formula is C18H14Cl2N2OS. The second kappa shape index (κ2) is 7.79. The summed E-state index contributed by atoms with van der Waals surface area (Å²) in [7, 11) is 0. The number of hydrogen-bond acceptors (Lipinski definition) is 3. The van der Waals surface area contributed by atoms with E-state index < -0.39 is 0 Å². The number of aromatic nitrogens is 1. The molecule has 3 rings (SSSR count). The van der Waals surface area contributed by atoms with E-state index in [1.165, 1.54) is 11.3 Å². The van der Waals surface area contributed by atoms with Crippen molar-refractivity contribution in [1.29, 1.82) is 0 Å². The van der Waals surface area contributed by atoms with Gasteiger partial charge in [-0.15, -0.1) is 11.3 Å². The predicted octanol–water partition coefficient (Wildman–Crippen LogP) is 4.98. The number of amides is 1. The number of nitrogens with zero attached hydrogens (tertiary/aromatic N) is 1. The van der Waals surface area contributed by atoms with Crippen LogP contribution in [-0.4, -0.2) is 10.9 Å². The average molecular weight is 377 g/mol. The number of nitrogens with one attached hydrogen (secondary N) is 1. The summed E-state index contributed by atoms with van der Waals surface area (Å²) in [4.78, 5) is 17.3. The van der Waals surface area contributed by atoms with Gasteiger partial charge in [0.25, 0.3) is 0 Å². The van der Waals surface area contributed by atoms with Crippen molar-refractivity contribution in [2.45, 2.75) is 13.0 Å². The van der Waals surface area contributed by atoms with Crippen molar-refractivity contribution in [3.63, 3.8) is 0 Å². The van der Waals surface area contributed by atoms with Gasteiger partial charge >= 0.3 is 0 Å². The Morgan fingerprint density at radius 1 is 1.04 bits per heavy atom. The summed E-state index contributed by atoms with van der Waals surface area (Å²) >= 11 is 13.8. The van der Waals surface area contributed by atoms with E-state index in [1.807, 2.05) is 30.3 Å². The number of halogens is 2. The molecule has 0 spiro atoms. The SMILES string of the molecule is O=C(Cc1cnc(-c2c(Cl)cccc2Cl)s1)NCc1ccccc1. The van der Waals surface area contributed by atoms with E-state index in [-0.39, 0.29) is 12.3 Å². The van der Waals surface area contributed by atoms with Crippen molar-refractivity contribution in [1.82, 2.24) is 10.3 Å². The molecule has 0 fully saturated rings. The zero-order valence-corrected chi connectivity index (χ0v) is 15.0. The summed E-state index contributed by atoms with van der Waals surface area (Å²) in [5, 5.41) is 4.73. The Bertz CT molecular complexity index is 829. The largest absolute Gasteiger partial charge is 0.352 e. The minimum Gasteiger partial charge on any atom is -0.352 e. The molecule has 1 aromatic heterocycles. The predicted molar refractivity (Wildman–Crippen MR) is 99.6 cm³/mol. The highest BCUT2D eigenvalue weighted by Gasteiger charge is 2.14. The summed E-state index contributed by atoms with van der Waals surface area (Å²) in [5.41, 5.74) is 1.78. The first-order valence-electron chi connectivity index (χ1n) is 7.33. The maximum absolute atomic E-state index is 12.1. The second-order valence-electron chi connectivity index (χ2n) is 5.17. The molecule has 0 bridgehead atoms. The second-order valence-corrected chi connectivity index (χ2v) is 7.10. The molecule has 0 unspecified atom stereocenters. The highest BCUT2D eigenvalue weighted by atomic mass is 35.5. The van der Waals surface area contributed by atoms with Gasteiger partial charge in [0, 0.05) is 23.2 Å². The Kier molecular flexibility index (Phi) is 5.51. The van der Waals surface area contributed by atoms with Crippen molar-refractivity contribution >= 4 is 40.4 Å². The van der Waals surface area contributed by atoms with E-state index in [4.69, 9.17) is 23.2 Å². The van der Waals surface area contributed by atoms with Crippen LogP contribution in [0.2, 0.25) is 10.0 Å². The van der Waals surface area contributed by atoms with Gasteiger partial charge in [-0.2, -0.15) is 0 Å². The van der Waals surface area contributed by atoms with Crippen LogP contribution in [0.4, 0.5) is 0 Å². The molecule has 3 nitrogen and oxygen atoms in total. The molecule has 0 radical (unpaired) electrons. The van der Waals surface area contributed by atoms with Crippen LogP contribution in [0, 0.1) is 0 Å². The van der Waals surface area contributed by atoms with Crippen LogP contribution >= 0.6 is 34.5 Å². The Hall–Kier alpha value is -1.88. The maximum atomic E-state index is 12.1. The minimum atomic E-state index is -0.0423. The van der Waals surface area contributed by atoms with Crippen LogP contribution in [0.1, 0.15) is 10.4 Å². The van der Waals surface area contributed by atoms with E-state index in [0.717, 1.165) is 15.4 Å². The van der Waals surface area contributed by atoms with Crippen LogP contribution in [-0.2, 0) is 17.8 Å². The zero-order chi connectivity index (χ0) is 16.9. The summed E-state index contributed by atoms with van der Waals surface area (Å²) in [6.07, 6.45) is 1.98. The number of carbonyl (C=O) groups is 1. The first-order chi connectivity index (χ1) is 11.6. The first-order valence-corrected chi connectivity index (χ1v) is 8.90. The van der Waals surface area contributed by atoms with Crippen LogP contribution < -0.4 is 5.32 Å². The fourth-order valence-electron chi connectivity index (χ4n) is 2.22. The number of thiazole rings is 1. The van der Waals surface area contributed by atoms with Crippen molar-refractivity contribution < 1.29 is 4.79 Å². The quantitative estimate of drug-likeness (QED) is 0.682. The Labute approximate surface area is 154 Å². The fourth-order valence-corrected chi connectivity index (χ4v) is 3.90. The Balaban J connectivity index is 1.65. The number of benzene rings is 2. The molecule has 0 aliphatic rings. The summed E-state index contributed by atoms with van der Waals surface area (Å²) < 4.78 is 0. The van der Waals surface area contributed by atoms with Gasteiger partial charge in [0.15, 0.2) is 0 Å². The zero-order valence-electron chi connectivity index (χ0n) is 12.6. The van der Waals surface area contributed by atoms with E-state index in [0.29, 0.717) is 22.2 Å². The lowest BCUT2D eigenvalue weighted by Crippen LogP contribution is -2.24. The van der Waals surface area contributed by atoms with Gasteiger partial charge < -0.3 is 5.32 Å². The molecule has 1 amide bonds. The van der Waals surface area contributed by atoms with Crippen LogP contribution in [0.15, 0.2) is 54.7 Å². The topological polar surface area (TPSA) is 42.0 Å². The van der Waals surface area contributed by atoms with Gasteiger partial charge in [0.2, 0.25) is 5.91 Å². The van der Waals surface area contributed by atoms with E-state index in [1.54, 1.807) is 24.4 Å². The van der Waals surface area contributed by atoms with Gasteiger partial charge in [-0.1, -0.05) is 59.6 Å². The molecular weight excluding hydrogens is 363 g/mol. The standard InChI is InChI=1S/C18H14Cl2N2OS/c19-14-7-4-8-15(20)17(14)18-22-11-13(24-18)9-16(23)21-10-12-5-2-1-3-6-12/h1-8,11H,9-10H2,(H,21,23). The van der Waals surface area contributed by atoms with Gasteiger partial charge in [-0.05, 0) is 17.7 Å². The highest BCUT2D eigenvalue weighted by molar-refractivity contribution is 7.15. The lowest BCUT2D eigenvalue weighted by molar-refractivity contribution is -0.120. The van der Waals surface area contributed by atoms with Gasteiger partial charge in [-0.3, -0.25) is 4.79 Å². The fraction of sp³-hybridized carbons (Fsp3) is 0.111. The lowest BCUT2D eigenvalue weighted by Gasteiger charge is -2.04. The Morgan fingerprint density at radius 2 is 1.75 bits per heavy atom. The first kappa shape index (κ1) is 17.0. The van der Waals surface area contributed by atoms with Gasteiger partial charge in [0.1, 0.15) is 5.01 Å². The molecule has 24 heavy (non-hydrogen) atoms. The van der Waals surface area contributed by atoms with E-state index >= 15 is 0 Å². The molecule has 6 heteroatoms. The molecule has 0 atom stereocenters. The van der Waals surface area contributed by atoms with Crippen molar-refractivity contribution in [3.05, 3.63) is 75.2 Å². The normalized spacial score (nSPS) is 10.6. The molecule has 0 aliphatic heterocycles. The summed E-state index contributed by atoms with van der Waals surface area (Å²) in [6.45, 7) is 0.516. The molecule has 0 aliphatic carbocycles. The minimum absolute atomic E-state index is 0.0423. The molecule has 0 saturated carbocycles. The number of carbonyl (C=O) groups excluding carboxylic acids is 1. The molecule has 3 aromatic rings. The maximum Gasteiger partial charge on any atom is 0.225 e. The average Bonchev–Trinajstić information content (AvgIpc) is 3.02. The van der Waals surface area contributed by atoms with E-state index in [2.05, 4.69) is 10.3 Å². The third-order valence-electron chi connectivity index (χ3n) is 3.40. The molecule has 0 saturated heterocycles. The molecule has 122 valence electrons. The third-order valence-corrected chi connectivity index (χ3v) is 5.04. The molecule has 2 aromatic carbocycles. The Morgan fingerprint density at radius 3 is 2.46 bits per heavy atom. The molecule has 1 N–H and O–H groups in total. The smallest absolute Gasteiger partial charge is 0.225 e. The van der Waals surface area contributed by atoms with E-state index in [9.17, 15) is 4.79 Å². The highest BCUT2D eigenvalue weighted by Crippen LogP contribution is 2.36. The van der Waals surface area contributed by atoms with Crippen LogP contribution in [0.25, 0.3) is 10.6 Å². The number of hydrogen-bond donors (Lipinski definition) is 1. The summed E-state index contributed by atoms with van der Waals surface area (Å²) in [6, 6.07) is 15.1. The number of rotatable bonds is 5. The van der Waals surface area contributed by atoms with Crippen molar-refractivity contribution in [2.75, 3.05) is 0 Å². The van der Waals surface area contributed by atoms with Crippen molar-refractivity contribution in [3.8, 4) is 10.6 Å². The van der Waals surface area contributed by atoms with Gasteiger partial charge in [-0.25, -0.2) is 4.98 Å². The third kappa shape index (κ3) is 4.15.